The molecule has 1 unspecified atom stereocenters. The molecule has 0 spiro atoms. The molecule has 1 rings (SSSR count). The van der Waals surface area contributed by atoms with Crippen molar-refractivity contribution in [3.63, 3.8) is 0 Å². The molecule has 0 amide bonds. The van der Waals surface area contributed by atoms with Crippen LogP contribution in [-0.4, -0.2) is 25.3 Å². The molecular weight excluding hydrogens is 222 g/mol. The van der Waals surface area contributed by atoms with Gasteiger partial charge in [-0.2, -0.15) is 0 Å². The minimum atomic E-state index is 0.165. The van der Waals surface area contributed by atoms with Gasteiger partial charge in [0.1, 0.15) is 0 Å². The van der Waals surface area contributed by atoms with Crippen LogP contribution in [0.3, 0.4) is 0 Å². The van der Waals surface area contributed by atoms with Crippen molar-refractivity contribution in [2.45, 2.75) is 45.6 Å². The molecular formula is C16H27NO. The molecule has 0 fully saturated rings. The lowest BCUT2D eigenvalue weighted by molar-refractivity contribution is 0.138. The second kappa shape index (κ2) is 7.55. The van der Waals surface area contributed by atoms with E-state index in [2.05, 4.69) is 56.4 Å². The van der Waals surface area contributed by atoms with E-state index in [1.165, 1.54) is 5.56 Å². The van der Waals surface area contributed by atoms with Crippen LogP contribution in [0.5, 0.6) is 0 Å². The molecule has 2 nitrogen and oxygen atoms in total. The van der Waals surface area contributed by atoms with Crippen molar-refractivity contribution in [1.82, 2.24) is 5.32 Å². The average molecular weight is 249 g/mol. The predicted molar refractivity (Wildman–Crippen MR) is 78.0 cm³/mol. The summed E-state index contributed by atoms with van der Waals surface area (Å²) in [6.45, 7) is 11.3. The molecule has 2 heteroatoms. The summed E-state index contributed by atoms with van der Waals surface area (Å²) in [6.07, 6.45) is 1.07. The molecule has 0 saturated carbocycles. The van der Waals surface area contributed by atoms with Crippen LogP contribution < -0.4 is 5.32 Å². The minimum Gasteiger partial charge on any atom is -0.382 e. The van der Waals surface area contributed by atoms with Crippen molar-refractivity contribution < 1.29 is 4.74 Å². The summed E-state index contributed by atoms with van der Waals surface area (Å²) in [5, 5.41) is 3.59. The lowest BCUT2D eigenvalue weighted by Gasteiger charge is -2.25. The normalized spacial score (nSPS) is 13.6. The highest BCUT2D eigenvalue weighted by Crippen LogP contribution is 2.19. The lowest BCUT2D eigenvalue weighted by Crippen LogP contribution is -2.38. The van der Waals surface area contributed by atoms with E-state index in [1.807, 2.05) is 6.92 Å². The fourth-order valence-corrected chi connectivity index (χ4v) is 1.91. The summed E-state index contributed by atoms with van der Waals surface area (Å²) in [5.41, 5.74) is 1.56. The summed E-state index contributed by atoms with van der Waals surface area (Å²) in [7, 11) is 0. The molecule has 102 valence electrons. The van der Waals surface area contributed by atoms with Crippen LogP contribution in [0.1, 0.15) is 45.6 Å². The number of nitrogens with one attached hydrogen (secondary N) is 1. The van der Waals surface area contributed by atoms with E-state index < -0.39 is 0 Å². The summed E-state index contributed by atoms with van der Waals surface area (Å²) >= 11 is 0. The maximum atomic E-state index is 5.49. The first-order chi connectivity index (χ1) is 8.53. The van der Waals surface area contributed by atoms with Crippen LogP contribution >= 0.6 is 0 Å². The van der Waals surface area contributed by atoms with E-state index in [0.717, 1.165) is 26.2 Å². The van der Waals surface area contributed by atoms with Crippen molar-refractivity contribution in [2.75, 3.05) is 19.8 Å². The van der Waals surface area contributed by atoms with Gasteiger partial charge in [-0.15, -0.1) is 0 Å². The molecule has 0 radical (unpaired) electrons. The number of hydrogen-bond donors (Lipinski definition) is 1. The molecule has 0 heterocycles. The third-order valence-electron chi connectivity index (χ3n) is 2.96. The molecule has 0 aliphatic rings. The Kier molecular flexibility index (Phi) is 6.37. The third-order valence-corrected chi connectivity index (χ3v) is 2.96. The van der Waals surface area contributed by atoms with Crippen LogP contribution in [0.15, 0.2) is 30.3 Å². The maximum absolute atomic E-state index is 5.49. The Morgan fingerprint density at radius 1 is 1.17 bits per heavy atom. The van der Waals surface area contributed by atoms with E-state index >= 15 is 0 Å². The summed E-state index contributed by atoms with van der Waals surface area (Å²) in [4.78, 5) is 0. The Labute approximate surface area is 112 Å². The van der Waals surface area contributed by atoms with E-state index in [-0.39, 0.29) is 5.54 Å². The summed E-state index contributed by atoms with van der Waals surface area (Å²) < 4.78 is 5.49. The van der Waals surface area contributed by atoms with Crippen LogP contribution in [-0.2, 0) is 4.74 Å². The first-order valence-corrected chi connectivity index (χ1v) is 6.90. The molecule has 0 bridgehead atoms. The number of hydrogen-bond acceptors (Lipinski definition) is 2. The second-order valence-corrected chi connectivity index (χ2v) is 5.72. The van der Waals surface area contributed by atoms with Gasteiger partial charge in [-0.25, -0.2) is 0 Å². The molecule has 0 aromatic heterocycles. The smallest absolute Gasteiger partial charge is 0.0472 e. The zero-order valence-electron chi connectivity index (χ0n) is 12.2. The van der Waals surface area contributed by atoms with Crippen molar-refractivity contribution in [1.29, 1.82) is 0 Å². The fraction of sp³-hybridized carbons (Fsp3) is 0.625. The van der Waals surface area contributed by atoms with Gasteiger partial charge in [0.05, 0.1) is 0 Å². The van der Waals surface area contributed by atoms with Crippen molar-refractivity contribution in [3.8, 4) is 0 Å². The molecule has 18 heavy (non-hydrogen) atoms. The standard InChI is InChI=1S/C16H27NO/c1-5-18-12-11-15(13-17-16(2,3)4)14-9-7-6-8-10-14/h6-10,15,17H,5,11-13H2,1-4H3. The molecule has 1 N–H and O–H groups in total. The van der Waals surface area contributed by atoms with Crippen molar-refractivity contribution in [3.05, 3.63) is 35.9 Å². The van der Waals surface area contributed by atoms with Gasteiger partial charge in [-0.1, -0.05) is 30.3 Å². The fourth-order valence-electron chi connectivity index (χ4n) is 1.91. The topological polar surface area (TPSA) is 21.3 Å². The highest BCUT2D eigenvalue weighted by molar-refractivity contribution is 5.19. The van der Waals surface area contributed by atoms with Gasteiger partial charge in [0, 0.05) is 25.3 Å². The monoisotopic (exact) mass is 249 g/mol. The zero-order valence-corrected chi connectivity index (χ0v) is 12.2. The van der Waals surface area contributed by atoms with Gasteiger partial charge in [0.2, 0.25) is 0 Å². The van der Waals surface area contributed by atoms with Crippen LogP contribution in [0.25, 0.3) is 0 Å². The number of ether oxygens (including phenoxy) is 1. The highest BCUT2D eigenvalue weighted by atomic mass is 16.5. The van der Waals surface area contributed by atoms with Crippen LogP contribution in [0, 0.1) is 0 Å². The first-order valence-electron chi connectivity index (χ1n) is 6.90. The van der Waals surface area contributed by atoms with Gasteiger partial charge in [-0.05, 0) is 45.6 Å². The average Bonchev–Trinajstić information content (AvgIpc) is 2.33. The summed E-state index contributed by atoms with van der Waals surface area (Å²) in [5.74, 6) is 0.525. The Morgan fingerprint density at radius 3 is 2.39 bits per heavy atom. The van der Waals surface area contributed by atoms with Gasteiger partial charge in [0.15, 0.2) is 0 Å². The predicted octanol–water partition coefficient (Wildman–Crippen LogP) is 3.58. The van der Waals surface area contributed by atoms with E-state index in [1.54, 1.807) is 0 Å². The molecule has 0 aliphatic heterocycles. The summed E-state index contributed by atoms with van der Waals surface area (Å²) in [6, 6.07) is 10.7. The second-order valence-electron chi connectivity index (χ2n) is 5.72. The minimum absolute atomic E-state index is 0.165. The first kappa shape index (κ1) is 15.2. The van der Waals surface area contributed by atoms with Gasteiger partial charge < -0.3 is 10.1 Å². The number of rotatable bonds is 7. The Bertz CT molecular complexity index is 316. The van der Waals surface area contributed by atoms with Gasteiger partial charge >= 0.3 is 0 Å². The Morgan fingerprint density at radius 2 is 1.83 bits per heavy atom. The quantitative estimate of drug-likeness (QED) is 0.746. The molecule has 1 atom stereocenters. The van der Waals surface area contributed by atoms with E-state index in [0.29, 0.717) is 5.92 Å². The SMILES string of the molecule is CCOCCC(CNC(C)(C)C)c1ccccc1. The highest BCUT2D eigenvalue weighted by Gasteiger charge is 2.15. The Balaban J connectivity index is 2.58. The molecule has 1 aromatic rings. The molecule has 0 aliphatic carbocycles. The van der Waals surface area contributed by atoms with Crippen molar-refractivity contribution >= 4 is 0 Å². The molecule has 0 saturated heterocycles. The lowest BCUT2D eigenvalue weighted by atomic mass is 9.95. The zero-order chi connectivity index (χ0) is 13.4. The van der Waals surface area contributed by atoms with Crippen LogP contribution in [0.4, 0.5) is 0 Å². The van der Waals surface area contributed by atoms with E-state index in [4.69, 9.17) is 4.74 Å². The third kappa shape index (κ3) is 6.18. The molecule has 1 aromatic carbocycles. The van der Waals surface area contributed by atoms with Gasteiger partial charge in [0.25, 0.3) is 0 Å². The largest absolute Gasteiger partial charge is 0.382 e. The number of benzene rings is 1. The maximum Gasteiger partial charge on any atom is 0.0472 e. The van der Waals surface area contributed by atoms with Crippen molar-refractivity contribution in [2.24, 2.45) is 0 Å². The Hall–Kier alpha value is -0.860. The van der Waals surface area contributed by atoms with E-state index in [9.17, 15) is 0 Å². The van der Waals surface area contributed by atoms with Crippen LogP contribution in [0.2, 0.25) is 0 Å². The van der Waals surface area contributed by atoms with Gasteiger partial charge in [-0.3, -0.25) is 0 Å².